The minimum Gasteiger partial charge on any atom is -0.349 e. The van der Waals surface area contributed by atoms with Crippen molar-refractivity contribution in [2.45, 2.75) is 11.3 Å². The molecule has 0 atom stereocenters. The van der Waals surface area contributed by atoms with Crippen molar-refractivity contribution in [1.29, 1.82) is 5.26 Å². The second-order valence-corrected chi connectivity index (χ2v) is 6.54. The van der Waals surface area contributed by atoms with Crippen molar-refractivity contribution >= 4 is 21.8 Å². The molecule has 0 aromatic heterocycles. The average Bonchev–Trinajstić information content (AvgIpc) is 2.77. The first-order valence-electron chi connectivity index (χ1n) is 6.63. The normalized spacial score (nSPS) is 14.7. The summed E-state index contributed by atoms with van der Waals surface area (Å²) in [6.07, 6.45) is 0.254. The van der Waals surface area contributed by atoms with Crippen LogP contribution in [0.5, 0.6) is 0 Å². The number of hydrogen-bond acceptors (Lipinski definition) is 5. The van der Waals surface area contributed by atoms with Crippen LogP contribution in [0.25, 0.3) is 0 Å². The van der Waals surface area contributed by atoms with Gasteiger partial charge in [0.25, 0.3) is 10.0 Å². The summed E-state index contributed by atoms with van der Waals surface area (Å²) >= 11 is 0. The summed E-state index contributed by atoms with van der Waals surface area (Å²) in [5.41, 5.74) is 0.498. The van der Waals surface area contributed by atoms with Crippen LogP contribution in [-0.4, -0.2) is 57.1 Å². The highest BCUT2D eigenvalue weighted by Crippen LogP contribution is 2.26. The quantitative estimate of drug-likeness (QED) is 0.802. The van der Waals surface area contributed by atoms with Gasteiger partial charge >= 0.3 is 0 Å². The number of nitrogens with zero attached hydrogens (tertiary/aromatic N) is 4. The van der Waals surface area contributed by atoms with Gasteiger partial charge in [0.05, 0.1) is 19.0 Å². The molecule has 0 unspecified atom stereocenters. The Morgan fingerprint density at radius 1 is 1.32 bits per heavy atom. The van der Waals surface area contributed by atoms with E-state index in [1.165, 1.54) is 15.9 Å². The zero-order valence-electron chi connectivity index (χ0n) is 12.4. The molecule has 1 aliphatic rings. The molecule has 7 nitrogen and oxygen atoms in total. The minimum atomic E-state index is -3.69. The third-order valence-corrected chi connectivity index (χ3v) is 4.66. The van der Waals surface area contributed by atoms with E-state index < -0.39 is 10.0 Å². The topological polar surface area (TPSA) is 93.8 Å². The number of rotatable bonds is 4. The molecule has 0 saturated heterocycles. The van der Waals surface area contributed by atoms with E-state index in [0.717, 1.165) is 0 Å². The zero-order valence-corrected chi connectivity index (χ0v) is 13.2. The van der Waals surface area contributed by atoms with Crippen LogP contribution >= 0.6 is 0 Å². The maximum absolute atomic E-state index is 12.1. The minimum absolute atomic E-state index is 0.00931. The molecule has 0 spiro atoms. The van der Waals surface area contributed by atoms with E-state index in [0.29, 0.717) is 12.1 Å². The summed E-state index contributed by atoms with van der Waals surface area (Å²) in [7, 11) is -0.468. The van der Waals surface area contributed by atoms with Gasteiger partial charge in [0, 0.05) is 26.2 Å². The molecule has 0 fully saturated rings. The van der Waals surface area contributed by atoms with Gasteiger partial charge < -0.3 is 9.80 Å². The Morgan fingerprint density at radius 2 is 2.00 bits per heavy atom. The van der Waals surface area contributed by atoms with Crippen LogP contribution in [0, 0.1) is 11.3 Å². The van der Waals surface area contributed by atoms with Crippen LogP contribution < -0.4 is 0 Å². The smallest absolute Gasteiger partial charge is 0.285 e. The van der Waals surface area contributed by atoms with Crippen molar-refractivity contribution in [1.82, 2.24) is 9.80 Å². The van der Waals surface area contributed by atoms with Crippen LogP contribution in [0.1, 0.15) is 12.0 Å². The second-order valence-electron chi connectivity index (χ2n) is 4.97. The summed E-state index contributed by atoms with van der Waals surface area (Å²) in [6.45, 7) is 0.329. The standard InChI is InChI=1S/C14H16N4O3S/c1-17(9-5-8-15)13(19)10-18(2)14-11-6-3-4-7-12(11)22(20,21)16-14/h3-4,6-7H,5,9-10H2,1-2H3. The molecule has 116 valence electrons. The molecule has 0 N–H and O–H groups in total. The number of sulfonamides is 1. The van der Waals surface area contributed by atoms with Gasteiger partial charge in [-0.15, -0.1) is 4.40 Å². The van der Waals surface area contributed by atoms with Crippen LogP contribution in [-0.2, 0) is 14.8 Å². The number of likely N-dealkylation sites (N-methyl/N-ethyl adjacent to an activating group) is 2. The Bertz CT molecular complexity index is 765. The molecule has 2 rings (SSSR count). The number of fused-ring (bicyclic) bond motifs is 1. The maximum Gasteiger partial charge on any atom is 0.285 e. The molecule has 0 radical (unpaired) electrons. The molecule has 1 aliphatic heterocycles. The average molecular weight is 320 g/mol. The lowest BCUT2D eigenvalue weighted by Gasteiger charge is -2.22. The monoisotopic (exact) mass is 320 g/mol. The fourth-order valence-corrected chi connectivity index (χ4v) is 3.36. The van der Waals surface area contributed by atoms with Crippen molar-refractivity contribution in [3.8, 4) is 6.07 Å². The van der Waals surface area contributed by atoms with Crippen LogP contribution in [0.15, 0.2) is 33.6 Å². The molecule has 8 heteroatoms. The Kier molecular flexibility index (Phi) is 4.47. The van der Waals surface area contributed by atoms with E-state index in [2.05, 4.69) is 4.40 Å². The number of amidine groups is 1. The van der Waals surface area contributed by atoms with Crippen LogP contribution in [0.2, 0.25) is 0 Å². The maximum atomic E-state index is 12.1. The van der Waals surface area contributed by atoms with Crippen molar-refractivity contribution < 1.29 is 13.2 Å². The molecule has 0 bridgehead atoms. The lowest BCUT2D eigenvalue weighted by molar-refractivity contribution is -0.129. The fourth-order valence-electron chi connectivity index (χ4n) is 2.10. The van der Waals surface area contributed by atoms with E-state index in [1.54, 1.807) is 32.3 Å². The molecular weight excluding hydrogens is 304 g/mol. The number of benzene rings is 1. The second kappa shape index (κ2) is 6.15. The van der Waals surface area contributed by atoms with Gasteiger partial charge in [0.2, 0.25) is 5.91 Å². The zero-order chi connectivity index (χ0) is 16.3. The Balaban J connectivity index is 2.16. The Morgan fingerprint density at radius 3 is 2.68 bits per heavy atom. The van der Waals surface area contributed by atoms with Gasteiger partial charge in [-0.2, -0.15) is 13.7 Å². The van der Waals surface area contributed by atoms with Crippen molar-refractivity contribution in [3.05, 3.63) is 29.8 Å². The highest BCUT2D eigenvalue weighted by molar-refractivity contribution is 7.90. The van der Waals surface area contributed by atoms with Crippen LogP contribution in [0.3, 0.4) is 0 Å². The van der Waals surface area contributed by atoms with Gasteiger partial charge in [-0.1, -0.05) is 12.1 Å². The fraction of sp³-hybridized carbons (Fsp3) is 0.357. The lowest BCUT2D eigenvalue weighted by Crippen LogP contribution is -2.39. The Labute approximate surface area is 129 Å². The van der Waals surface area contributed by atoms with E-state index >= 15 is 0 Å². The van der Waals surface area contributed by atoms with Gasteiger partial charge in [0.1, 0.15) is 4.90 Å². The summed E-state index contributed by atoms with van der Waals surface area (Å²) in [5, 5.41) is 8.53. The first-order chi connectivity index (χ1) is 10.4. The first-order valence-corrected chi connectivity index (χ1v) is 8.07. The number of nitriles is 1. The predicted octanol–water partition coefficient (Wildman–Crippen LogP) is 0.439. The van der Waals surface area contributed by atoms with Crippen molar-refractivity contribution in [3.63, 3.8) is 0 Å². The highest BCUT2D eigenvalue weighted by atomic mass is 32.2. The number of carbonyl (C=O) groups is 1. The SMILES string of the molecule is CN(CCC#N)C(=O)CN(C)C1=NS(=O)(=O)c2ccccc21. The number of hydrogen-bond donors (Lipinski definition) is 0. The van der Waals surface area contributed by atoms with Gasteiger partial charge in [0.15, 0.2) is 5.84 Å². The molecular formula is C14H16N4O3S. The summed E-state index contributed by atoms with van der Waals surface area (Å²) in [4.78, 5) is 15.2. The molecule has 1 aromatic carbocycles. The van der Waals surface area contributed by atoms with E-state index in [1.807, 2.05) is 6.07 Å². The summed E-state index contributed by atoms with van der Waals surface area (Å²) in [6, 6.07) is 8.50. The molecule has 1 heterocycles. The third kappa shape index (κ3) is 3.09. The van der Waals surface area contributed by atoms with Crippen molar-refractivity contribution in [2.24, 2.45) is 4.40 Å². The summed E-state index contributed by atoms with van der Waals surface area (Å²) in [5.74, 6) is 0.0554. The molecule has 1 aromatic rings. The number of amides is 1. The molecule has 1 amide bonds. The first kappa shape index (κ1) is 16.0. The van der Waals surface area contributed by atoms with Gasteiger partial charge in [-0.25, -0.2) is 0 Å². The predicted molar refractivity (Wildman–Crippen MR) is 80.7 cm³/mol. The third-order valence-electron chi connectivity index (χ3n) is 3.33. The van der Waals surface area contributed by atoms with Crippen molar-refractivity contribution in [2.75, 3.05) is 27.2 Å². The molecule has 0 aliphatic carbocycles. The Hall–Kier alpha value is -2.40. The largest absolute Gasteiger partial charge is 0.349 e. The lowest BCUT2D eigenvalue weighted by atomic mass is 10.2. The van der Waals surface area contributed by atoms with Gasteiger partial charge in [-0.05, 0) is 12.1 Å². The van der Waals surface area contributed by atoms with E-state index in [4.69, 9.17) is 5.26 Å². The van der Waals surface area contributed by atoms with Crippen LogP contribution in [0.4, 0.5) is 0 Å². The number of carbonyl (C=O) groups excluding carboxylic acids is 1. The highest BCUT2D eigenvalue weighted by Gasteiger charge is 2.31. The summed E-state index contributed by atoms with van der Waals surface area (Å²) < 4.78 is 27.7. The van der Waals surface area contributed by atoms with E-state index in [9.17, 15) is 13.2 Å². The van der Waals surface area contributed by atoms with Gasteiger partial charge in [-0.3, -0.25) is 4.79 Å². The molecule has 0 saturated carbocycles. The molecule has 22 heavy (non-hydrogen) atoms. The van der Waals surface area contributed by atoms with E-state index in [-0.39, 0.29) is 29.6 Å².